The molecule has 0 unspecified atom stereocenters. The van der Waals surface area contributed by atoms with Gasteiger partial charge in [0.1, 0.15) is 11.2 Å². The van der Waals surface area contributed by atoms with Crippen LogP contribution in [0.1, 0.15) is 48.0 Å². The number of carbonyl (C=O) groups is 2. The number of carbonyl (C=O) groups excluding carboxylic acids is 2. The Hall–Kier alpha value is -1.26. The van der Waals surface area contributed by atoms with E-state index in [-0.39, 0.29) is 24.5 Å². The lowest BCUT2D eigenvalue weighted by Gasteiger charge is -2.20. The summed E-state index contributed by atoms with van der Waals surface area (Å²) in [5.74, 6) is -0.279. The second-order valence-electron chi connectivity index (χ2n) is 6.58. The Balaban J connectivity index is 2.33. The van der Waals surface area contributed by atoms with Crippen LogP contribution in [-0.2, 0) is 14.3 Å². The van der Waals surface area contributed by atoms with Crippen LogP contribution in [0, 0.1) is 0 Å². The van der Waals surface area contributed by atoms with Gasteiger partial charge in [0.15, 0.2) is 0 Å². The maximum absolute atomic E-state index is 11.6. The Morgan fingerprint density at radius 2 is 1.56 bits per heavy atom. The highest BCUT2D eigenvalue weighted by molar-refractivity contribution is 5.76. The van der Waals surface area contributed by atoms with Crippen molar-refractivity contribution >= 4 is 12.1 Å². The van der Waals surface area contributed by atoms with Crippen LogP contribution >= 0.6 is 0 Å². The van der Waals surface area contributed by atoms with Gasteiger partial charge in [0.2, 0.25) is 0 Å². The van der Waals surface area contributed by atoms with Gasteiger partial charge in [0, 0.05) is 6.54 Å². The number of nitrogens with zero attached hydrogens (tertiary/aromatic N) is 1. The van der Waals surface area contributed by atoms with Crippen molar-refractivity contribution in [2.24, 2.45) is 0 Å². The number of hydrogen-bond donors (Lipinski definition) is 0. The summed E-state index contributed by atoms with van der Waals surface area (Å²) in [4.78, 5) is 24.7. The van der Waals surface area contributed by atoms with Crippen molar-refractivity contribution in [3.8, 4) is 0 Å². The van der Waals surface area contributed by atoms with Crippen molar-refractivity contribution < 1.29 is 19.1 Å². The van der Waals surface area contributed by atoms with Crippen LogP contribution in [-0.4, -0.2) is 40.8 Å². The molecule has 0 N–H and O–H groups in total. The minimum Gasteiger partial charge on any atom is -0.460 e. The Morgan fingerprint density at radius 1 is 1.06 bits per heavy atom. The molecule has 5 heteroatoms. The van der Waals surface area contributed by atoms with Gasteiger partial charge in [-0.3, -0.25) is 4.79 Å². The number of rotatable bonds is 2. The fourth-order valence-electron chi connectivity index (χ4n) is 1.47. The highest BCUT2D eigenvalue weighted by Gasteiger charge is 2.42. The van der Waals surface area contributed by atoms with E-state index in [4.69, 9.17) is 9.47 Å². The molecule has 104 valence electrons. The van der Waals surface area contributed by atoms with E-state index in [1.54, 1.807) is 0 Å². The molecule has 18 heavy (non-hydrogen) atoms. The van der Waals surface area contributed by atoms with E-state index < -0.39 is 11.2 Å². The molecular weight excluding hydrogens is 234 g/mol. The standard InChI is InChI=1S/C13H23NO4/c1-12(2,3)17-10(15)7-9-8-14(9)11(16)18-13(4,5)6/h9H,7-8H2,1-6H3/t9-,14?/m0/s1. The first-order valence-corrected chi connectivity index (χ1v) is 6.19. The Kier molecular flexibility index (Phi) is 3.93. The van der Waals surface area contributed by atoms with E-state index in [2.05, 4.69) is 0 Å². The third kappa shape index (κ3) is 5.38. The van der Waals surface area contributed by atoms with Gasteiger partial charge in [0.05, 0.1) is 12.5 Å². The highest BCUT2D eigenvalue weighted by Crippen LogP contribution is 2.25. The zero-order chi connectivity index (χ0) is 14.1. The first-order chi connectivity index (χ1) is 7.98. The second kappa shape index (κ2) is 4.78. The van der Waals surface area contributed by atoms with Crippen LogP contribution in [0.15, 0.2) is 0 Å². The number of amides is 1. The summed E-state index contributed by atoms with van der Waals surface area (Å²) in [6.07, 6.45) is -0.132. The molecule has 1 rings (SSSR count). The van der Waals surface area contributed by atoms with Crippen LogP contribution in [0.5, 0.6) is 0 Å². The van der Waals surface area contributed by atoms with Crippen molar-refractivity contribution in [1.29, 1.82) is 0 Å². The molecule has 1 aliphatic rings. The smallest absolute Gasteiger partial charge is 0.410 e. The topological polar surface area (TPSA) is 55.6 Å². The molecule has 1 saturated heterocycles. The third-order valence-corrected chi connectivity index (χ3v) is 2.16. The van der Waals surface area contributed by atoms with Gasteiger partial charge in [-0.2, -0.15) is 0 Å². The van der Waals surface area contributed by atoms with Gasteiger partial charge in [-0.25, -0.2) is 4.79 Å². The zero-order valence-corrected chi connectivity index (χ0v) is 12.1. The quantitative estimate of drug-likeness (QED) is 0.563. The SMILES string of the molecule is CC(C)(C)OC(=O)C[C@H]1CN1C(=O)OC(C)(C)C. The maximum atomic E-state index is 11.6. The molecule has 0 aromatic carbocycles. The summed E-state index contributed by atoms with van der Waals surface area (Å²) in [6, 6.07) is -0.0744. The molecule has 1 amide bonds. The molecule has 1 fully saturated rings. The molecular formula is C13H23NO4. The van der Waals surface area contributed by atoms with Crippen molar-refractivity contribution in [2.75, 3.05) is 6.54 Å². The van der Waals surface area contributed by atoms with Gasteiger partial charge < -0.3 is 14.4 Å². The lowest BCUT2D eigenvalue weighted by Crippen LogP contribution is -2.29. The summed E-state index contributed by atoms with van der Waals surface area (Å²) in [6.45, 7) is 11.5. The minimum absolute atomic E-state index is 0.0744. The van der Waals surface area contributed by atoms with Crippen molar-refractivity contribution in [3.63, 3.8) is 0 Å². The van der Waals surface area contributed by atoms with E-state index >= 15 is 0 Å². The van der Waals surface area contributed by atoms with E-state index in [1.807, 2.05) is 41.5 Å². The van der Waals surface area contributed by atoms with Crippen molar-refractivity contribution in [3.05, 3.63) is 0 Å². The van der Waals surface area contributed by atoms with Crippen LogP contribution in [0.4, 0.5) is 4.79 Å². The Morgan fingerprint density at radius 3 is 2.00 bits per heavy atom. The minimum atomic E-state index is -0.504. The molecule has 1 aliphatic heterocycles. The zero-order valence-electron chi connectivity index (χ0n) is 12.1. The van der Waals surface area contributed by atoms with E-state index in [0.29, 0.717) is 6.54 Å². The first kappa shape index (κ1) is 14.8. The molecule has 5 nitrogen and oxygen atoms in total. The Bertz CT molecular complexity index is 338. The maximum Gasteiger partial charge on any atom is 0.410 e. The van der Waals surface area contributed by atoms with Gasteiger partial charge >= 0.3 is 12.1 Å². The summed E-state index contributed by atoms with van der Waals surface area (Å²) < 4.78 is 10.4. The second-order valence-corrected chi connectivity index (χ2v) is 6.58. The van der Waals surface area contributed by atoms with Crippen molar-refractivity contribution in [2.45, 2.75) is 65.2 Å². The lowest BCUT2D eigenvalue weighted by molar-refractivity contribution is -0.154. The van der Waals surface area contributed by atoms with Crippen LogP contribution in [0.2, 0.25) is 0 Å². The van der Waals surface area contributed by atoms with Gasteiger partial charge in [-0.05, 0) is 41.5 Å². The molecule has 0 aromatic heterocycles. The summed E-state index contributed by atoms with van der Waals surface area (Å²) >= 11 is 0. The molecule has 0 radical (unpaired) electrons. The molecule has 0 spiro atoms. The first-order valence-electron chi connectivity index (χ1n) is 6.19. The average molecular weight is 257 g/mol. The van der Waals surface area contributed by atoms with Gasteiger partial charge in [-0.1, -0.05) is 0 Å². The lowest BCUT2D eigenvalue weighted by atomic mass is 10.2. The fourth-order valence-corrected chi connectivity index (χ4v) is 1.47. The highest BCUT2D eigenvalue weighted by atomic mass is 16.6. The van der Waals surface area contributed by atoms with Crippen molar-refractivity contribution in [1.82, 2.24) is 4.90 Å². The number of esters is 1. The fraction of sp³-hybridized carbons (Fsp3) is 0.846. The third-order valence-electron chi connectivity index (χ3n) is 2.16. The van der Waals surface area contributed by atoms with Crippen LogP contribution in [0.25, 0.3) is 0 Å². The van der Waals surface area contributed by atoms with Crippen LogP contribution in [0.3, 0.4) is 0 Å². The van der Waals surface area contributed by atoms with Gasteiger partial charge in [-0.15, -0.1) is 0 Å². The van der Waals surface area contributed by atoms with E-state index in [9.17, 15) is 9.59 Å². The predicted molar refractivity (Wildman–Crippen MR) is 67.2 cm³/mol. The number of hydrogen-bond acceptors (Lipinski definition) is 4. The summed E-state index contributed by atoms with van der Waals surface area (Å²) in [5.41, 5.74) is -0.987. The van der Waals surface area contributed by atoms with Gasteiger partial charge in [0.25, 0.3) is 0 Å². The molecule has 0 aliphatic carbocycles. The largest absolute Gasteiger partial charge is 0.460 e. The molecule has 0 saturated carbocycles. The van der Waals surface area contributed by atoms with E-state index in [1.165, 1.54) is 4.90 Å². The van der Waals surface area contributed by atoms with Crippen LogP contribution < -0.4 is 0 Å². The summed E-state index contributed by atoms with van der Waals surface area (Å²) in [7, 11) is 0. The summed E-state index contributed by atoms with van der Waals surface area (Å²) in [5, 5.41) is 0. The number of ether oxygens (including phenoxy) is 2. The predicted octanol–water partition coefficient (Wildman–Crippen LogP) is 2.34. The molecule has 1 atom stereocenters. The normalized spacial score (nSPS) is 19.4. The average Bonchev–Trinajstić information content (AvgIpc) is 2.75. The molecule has 0 bridgehead atoms. The monoisotopic (exact) mass is 257 g/mol. The molecule has 0 aromatic rings. The molecule has 1 heterocycles. The van der Waals surface area contributed by atoms with E-state index in [0.717, 1.165) is 0 Å². The Labute approximate surface area is 108 Å².